The monoisotopic (exact) mass is 1410 g/mol. The molecule has 0 saturated heterocycles. The number of phosphoric ester groups is 2. The summed E-state index contributed by atoms with van der Waals surface area (Å²) in [5.41, 5.74) is 0. The van der Waals surface area contributed by atoms with Crippen molar-refractivity contribution in [2.45, 2.75) is 303 Å². The van der Waals surface area contributed by atoms with Gasteiger partial charge >= 0.3 is 39.5 Å². The number of esters is 4. The molecule has 0 amide bonds. The topological polar surface area (TPSA) is 237 Å². The molecule has 560 valence electrons. The largest absolute Gasteiger partial charge is 0.472 e. The molecule has 5 unspecified atom stereocenters. The first kappa shape index (κ1) is 93.2. The third kappa shape index (κ3) is 69.7. The molecule has 17 nitrogen and oxygen atoms in total. The summed E-state index contributed by atoms with van der Waals surface area (Å²) in [6.45, 7) is 4.45. The number of rotatable bonds is 69. The van der Waals surface area contributed by atoms with Gasteiger partial charge in [0.05, 0.1) is 26.4 Å². The van der Waals surface area contributed by atoms with E-state index in [-0.39, 0.29) is 25.7 Å². The lowest BCUT2D eigenvalue weighted by Crippen LogP contribution is -2.30. The first-order chi connectivity index (χ1) is 47.7. The van der Waals surface area contributed by atoms with E-state index in [9.17, 15) is 43.2 Å². The third-order valence-corrected chi connectivity index (χ3v) is 17.0. The van der Waals surface area contributed by atoms with Crippen LogP contribution in [0.4, 0.5) is 0 Å². The van der Waals surface area contributed by atoms with E-state index in [1.54, 1.807) is 0 Å². The lowest BCUT2D eigenvalue weighted by Gasteiger charge is -2.21. The van der Waals surface area contributed by atoms with Crippen LogP contribution in [0.1, 0.15) is 285 Å². The van der Waals surface area contributed by atoms with Gasteiger partial charge in [-0.25, -0.2) is 9.13 Å². The number of carbonyl (C=O) groups is 4. The van der Waals surface area contributed by atoms with Crippen LogP contribution in [-0.4, -0.2) is 96.7 Å². The molecular weight excluding hydrogens is 1280 g/mol. The van der Waals surface area contributed by atoms with Crippen LogP contribution < -0.4 is 0 Å². The number of allylic oxidation sites excluding steroid dienone is 22. The molecule has 0 spiro atoms. The van der Waals surface area contributed by atoms with Gasteiger partial charge in [-0.2, -0.15) is 0 Å². The van der Waals surface area contributed by atoms with Gasteiger partial charge in [0.1, 0.15) is 19.3 Å². The molecule has 0 radical (unpaired) electrons. The molecule has 5 atom stereocenters. The van der Waals surface area contributed by atoms with Crippen molar-refractivity contribution in [3.8, 4) is 0 Å². The predicted octanol–water partition coefficient (Wildman–Crippen LogP) is 21.3. The summed E-state index contributed by atoms with van der Waals surface area (Å²) in [7, 11) is -9.98. The van der Waals surface area contributed by atoms with E-state index >= 15 is 0 Å². The summed E-state index contributed by atoms with van der Waals surface area (Å²) in [5.74, 6) is -2.32. The molecule has 98 heavy (non-hydrogen) atoms. The zero-order chi connectivity index (χ0) is 71.8. The Morgan fingerprint density at radius 3 is 0.918 bits per heavy atom. The standard InChI is InChI=1S/C79H132O17P2/c1-5-9-13-17-21-25-29-32-34-35-36-37-39-42-45-48-52-56-60-64-77(82)90-70-75(96-79(84)66-62-58-54-50-46-40-31-27-23-19-15-11-7-3)72-94-98(87,88)92-68-73(80)67-91-97(85,86)93-71-74(95-78(83)65-61-57-53-49-43-28-24-20-16-12-8-4)69-89-76(81)63-59-55-51-47-44-41-38-33-30-26-22-18-14-10-6-2/h9-10,13-14,20-22,24-27,31-34,36-38,42,45,52,56,73-75,80H,5-8,11-12,15-19,23,28-30,35,39-41,43-44,46-51,53-55,57-72H2,1-4H3,(H,85,86)(H,87,88)/b13-9-,14-10-,24-20-,25-21-,26-22-,31-27-,34-32-,37-36-,38-33-,45-42-,56-52-. The lowest BCUT2D eigenvalue weighted by molar-refractivity contribution is -0.161. The van der Waals surface area contributed by atoms with Crippen molar-refractivity contribution in [2.24, 2.45) is 0 Å². The van der Waals surface area contributed by atoms with Crippen molar-refractivity contribution in [3.63, 3.8) is 0 Å². The molecule has 3 N–H and O–H groups in total. The van der Waals surface area contributed by atoms with Crippen LogP contribution in [0.25, 0.3) is 0 Å². The van der Waals surface area contributed by atoms with E-state index in [4.69, 9.17) is 37.0 Å². The Labute approximate surface area is 593 Å². The van der Waals surface area contributed by atoms with Crippen LogP contribution in [0.5, 0.6) is 0 Å². The van der Waals surface area contributed by atoms with Gasteiger partial charge < -0.3 is 33.8 Å². The van der Waals surface area contributed by atoms with Crippen LogP contribution in [0, 0.1) is 0 Å². The van der Waals surface area contributed by atoms with E-state index in [1.807, 2.05) is 18.2 Å². The second-order valence-corrected chi connectivity index (χ2v) is 27.4. The Balaban J connectivity index is 5.40. The van der Waals surface area contributed by atoms with Crippen LogP contribution in [0.3, 0.4) is 0 Å². The quantitative estimate of drug-likeness (QED) is 0.0169. The fourth-order valence-electron chi connectivity index (χ4n) is 9.41. The van der Waals surface area contributed by atoms with Crippen LogP contribution in [0.15, 0.2) is 134 Å². The van der Waals surface area contributed by atoms with Gasteiger partial charge in [0.15, 0.2) is 12.2 Å². The highest BCUT2D eigenvalue weighted by atomic mass is 31.2. The number of phosphoric acid groups is 2. The average molecular weight is 1420 g/mol. The number of carbonyl (C=O) groups excluding carboxylic acids is 4. The maximum atomic E-state index is 13.1. The van der Waals surface area contributed by atoms with Crippen molar-refractivity contribution in [2.75, 3.05) is 39.6 Å². The summed E-state index contributed by atoms with van der Waals surface area (Å²) >= 11 is 0. The normalized spacial score (nSPS) is 14.7. The molecule has 19 heteroatoms. The minimum absolute atomic E-state index is 0.0317. The molecule has 0 aromatic rings. The van der Waals surface area contributed by atoms with Crippen LogP contribution in [-0.2, 0) is 65.4 Å². The zero-order valence-electron chi connectivity index (χ0n) is 60.9. The molecule has 0 saturated carbocycles. The smallest absolute Gasteiger partial charge is 0.462 e. The highest BCUT2D eigenvalue weighted by Gasteiger charge is 2.30. The minimum atomic E-state index is -4.99. The second kappa shape index (κ2) is 70.6. The number of unbranched alkanes of at least 4 members (excludes halogenated alkanes) is 21. The minimum Gasteiger partial charge on any atom is -0.462 e. The number of ether oxygens (including phenoxy) is 4. The van der Waals surface area contributed by atoms with Crippen LogP contribution >= 0.6 is 15.6 Å². The fraction of sp³-hybridized carbons (Fsp3) is 0.671. The van der Waals surface area contributed by atoms with Crippen molar-refractivity contribution < 1.29 is 80.2 Å². The van der Waals surface area contributed by atoms with E-state index in [2.05, 4.69) is 143 Å². The Hall–Kier alpha value is -4.80. The van der Waals surface area contributed by atoms with Gasteiger partial charge in [0, 0.05) is 25.7 Å². The van der Waals surface area contributed by atoms with E-state index in [0.29, 0.717) is 32.1 Å². The van der Waals surface area contributed by atoms with E-state index in [1.165, 1.54) is 38.5 Å². The summed E-state index contributed by atoms with van der Waals surface area (Å²) < 4.78 is 68.3. The predicted molar refractivity (Wildman–Crippen MR) is 399 cm³/mol. The molecule has 0 aromatic heterocycles. The Morgan fingerprint density at radius 2 is 0.561 bits per heavy atom. The van der Waals surface area contributed by atoms with Gasteiger partial charge in [-0.3, -0.25) is 37.3 Å². The number of aliphatic hydroxyl groups is 1. The third-order valence-electron chi connectivity index (χ3n) is 15.1. The number of hydrogen-bond acceptors (Lipinski definition) is 15. The van der Waals surface area contributed by atoms with Gasteiger partial charge in [0.25, 0.3) is 0 Å². The number of hydrogen-bond donors (Lipinski definition) is 3. The molecule has 0 heterocycles. The molecule has 0 fully saturated rings. The molecular formula is C79H132O17P2. The zero-order valence-corrected chi connectivity index (χ0v) is 62.7. The summed E-state index contributed by atoms with van der Waals surface area (Å²) in [6, 6.07) is 0. The van der Waals surface area contributed by atoms with E-state index < -0.39 is 97.5 Å². The summed E-state index contributed by atoms with van der Waals surface area (Å²) in [4.78, 5) is 72.7. The highest BCUT2D eigenvalue weighted by Crippen LogP contribution is 2.45. The van der Waals surface area contributed by atoms with Crippen LogP contribution in [0.2, 0.25) is 0 Å². The molecule has 0 aliphatic heterocycles. The van der Waals surface area contributed by atoms with E-state index in [0.717, 1.165) is 161 Å². The van der Waals surface area contributed by atoms with Crippen molar-refractivity contribution in [1.82, 2.24) is 0 Å². The molecule has 0 aromatic carbocycles. The Morgan fingerprint density at radius 1 is 0.296 bits per heavy atom. The van der Waals surface area contributed by atoms with Crippen molar-refractivity contribution in [3.05, 3.63) is 134 Å². The molecule has 0 bridgehead atoms. The fourth-order valence-corrected chi connectivity index (χ4v) is 11.0. The molecule has 0 aliphatic carbocycles. The first-order valence-electron chi connectivity index (χ1n) is 37.4. The maximum absolute atomic E-state index is 13.1. The molecule has 0 aliphatic rings. The Kier molecular flexibility index (Phi) is 67.2. The second-order valence-electron chi connectivity index (χ2n) is 24.5. The summed E-state index contributed by atoms with van der Waals surface area (Å²) in [5, 5.41) is 10.6. The number of aliphatic hydroxyl groups excluding tert-OH is 1. The Bertz CT molecular complexity index is 2380. The van der Waals surface area contributed by atoms with Gasteiger partial charge in [-0.05, 0) is 141 Å². The van der Waals surface area contributed by atoms with Gasteiger partial charge in [-0.15, -0.1) is 0 Å². The lowest BCUT2D eigenvalue weighted by atomic mass is 10.1. The average Bonchev–Trinajstić information content (AvgIpc) is 0.972. The highest BCUT2D eigenvalue weighted by molar-refractivity contribution is 7.47. The first-order valence-corrected chi connectivity index (χ1v) is 40.4. The SMILES string of the molecule is CC/C=C\C/C=C\C/C=C\C/C=C\C/C=C\C/C=C\CCC(=O)OCC(COP(=O)(O)OCC(O)COP(=O)(O)OCC(COC(=O)CCCCCCC/C=C\C/C=C\C/C=C\CC)OC(=O)CCCCCCC/C=C\CCCC)OC(=O)CCCCCCC/C=C\CCCCCC. The van der Waals surface area contributed by atoms with Crippen molar-refractivity contribution in [1.29, 1.82) is 0 Å². The summed E-state index contributed by atoms with van der Waals surface area (Å²) in [6.07, 6.45) is 77.6. The maximum Gasteiger partial charge on any atom is 0.472 e. The van der Waals surface area contributed by atoms with Gasteiger partial charge in [-0.1, -0.05) is 251 Å². The van der Waals surface area contributed by atoms with Gasteiger partial charge in [0.2, 0.25) is 0 Å². The van der Waals surface area contributed by atoms with Crippen molar-refractivity contribution >= 4 is 39.5 Å². The molecule has 0 rings (SSSR count).